The molecule has 0 aliphatic carbocycles. The van der Waals surface area contributed by atoms with Crippen LogP contribution in [0, 0.1) is 6.92 Å². The van der Waals surface area contributed by atoms with E-state index in [2.05, 4.69) is 15.3 Å². The summed E-state index contributed by atoms with van der Waals surface area (Å²) in [5.74, 6) is 0.740. The Hall–Kier alpha value is -2.82. The number of para-hydroxylation sites is 2. The highest BCUT2D eigenvalue weighted by molar-refractivity contribution is 6.01. The van der Waals surface area contributed by atoms with Gasteiger partial charge < -0.3 is 15.2 Å². The molecular weight excluding hydrogens is 288 g/mol. The van der Waals surface area contributed by atoms with Crippen molar-refractivity contribution in [3.05, 3.63) is 54.1 Å². The van der Waals surface area contributed by atoms with Crippen molar-refractivity contribution in [1.82, 2.24) is 9.97 Å². The van der Waals surface area contributed by atoms with Crippen molar-refractivity contribution in [3.63, 3.8) is 0 Å². The minimum atomic E-state index is -0.239. The molecule has 5 nitrogen and oxygen atoms in total. The normalized spacial score (nSPS) is 17.9. The fourth-order valence-electron chi connectivity index (χ4n) is 2.98. The van der Waals surface area contributed by atoms with Gasteiger partial charge in [0.15, 0.2) is 0 Å². The van der Waals surface area contributed by atoms with E-state index in [0.29, 0.717) is 5.95 Å². The molecule has 5 heteroatoms. The van der Waals surface area contributed by atoms with Crippen LogP contribution < -0.4 is 10.2 Å². The molecule has 1 fully saturated rings. The van der Waals surface area contributed by atoms with Crippen LogP contribution in [0.25, 0.3) is 11.0 Å². The number of aromatic nitrogens is 2. The number of aryl methyl sites for hydroxylation is 1. The van der Waals surface area contributed by atoms with Crippen molar-refractivity contribution in [2.45, 2.75) is 19.4 Å². The molecule has 3 aromatic rings. The number of amides is 1. The summed E-state index contributed by atoms with van der Waals surface area (Å²) < 4.78 is 0. The van der Waals surface area contributed by atoms with E-state index in [1.165, 1.54) is 5.56 Å². The van der Waals surface area contributed by atoms with Crippen LogP contribution in [0.3, 0.4) is 0 Å². The molecule has 1 aliphatic heterocycles. The van der Waals surface area contributed by atoms with Gasteiger partial charge in [-0.15, -0.1) is 0 Å². The van der Waals surface area contributed by atoms with Crippen LogP contribution in [0.1, 0.15) is 12.0 Å². The number of hydrogen-bond donors (Lipinski definition) is 2. The Morgan fingerprint density at radius 2 is 1.96 bits per heavy atom. The lowest BCUT2D eigenvalue weighted by Crippen LogP contribution is -2.33. The standard InChI is InChI=1S/C18H18N4O/c1-12-6-8-13(9-7-12)22-11-10-16(17(22)23)21-18-19-14-4-2-3-5-15(14)20-18/h2-9,16H,10-11H2,1H3,(H2,19,20,21). The van der Waals surface area contributed by atoms with E-state index in [4.69, 9.17) is 0 Å². The third kappa shape index (κ3) is 2.54. The number of hydrogen-bond acceptors (Lipinski definition) is 3. The molecule has 1 aliphatic rings. The number of carbonyl (C=O) groups excluding carboxylic acids is 1. The molecule has 1 unspecified atom stereocenters. The molecule has 2 heterocycles. The Morgan fingerprint density at radius 3 is 2.74 bits per heavy atom. The van der Waals surface area contributed by atoms with Crippen LogP contribution in [0.2, 0.25) is 0 Å². The van der Waals surface area contributed by atoms with Gasteiger partial charge in [-0.1, -0.05) is 29.8 Å². The minimum Gasteiger partial charge on any atom is -0.344 e. The lowest BCUT2D eigenvalue weighted by molar-refractivity contribution is -0.117. The molecule has 2 N–H and O–H groups in total. The van der Waals surface area contributed by atoms with E-state index in [1.807, 2.05) is 60.4 Å². The number of nitrogens with one attached hydrogen (secondary N) is 2. The molecule has 2 aromatic carbocycles. The van der Waals surface area contributed by atoms with Crippen molar-refractivity contribution in [1.29, 1.82) is 0 Å². The number of H-pyrrole nitrogens is 1. The quantitative estimate of drug-likeness (QED) is 0.781. The van der Waals surface area contributed by atoms with Gasteiger partial charge in [0, 0.05) is 12.2 Å². The number of anilines is 2. The number of carbonyl (C=O) groups is 1. The van der Waals surface area contributed by atoms with Crippen molar-refractivity contribution < 1.29 is 4.79 Å². The van der Waals surface area contributed by atoms with Gasteiger partial charge in [-0.25, -0.2) is 4.98 Å². The number of nitrogens with zero attached hydrogens (tertiary/aromatic N) is 2. The average Bonchev–Trinajstić information content (AvgIpc) is 3.12. The second kappa shape index (κ2) is 5.43. The highest BCUT2D eigenvalue weighted by atomic mass is 16.2. The van der Waals surface area contributed by atoms with Gasteiger partial charge >= 0.3 is 0 Å². The number of imidazole rings is 1. The SMILES string of the molecule is Cc1ccc(N2CCC(Nc3nc4ccccc4[nH]3)C2=O)cc1. The fourth-order valence-corrected chi connectivity index (χ4v) is 2.98. The van der Waals surface area contributed by atoms with Crippen LogP contribution in [-0.2, 0) is 4.79 Å². The van der Waals surface area contributed by atoms with Crippen LogP contribution in [0.15, 0.2) is 48.5 Å². The Balaban J connectivity index is 1.52. The largest absolute Gasteiger partial charge is 0.344 e. The lowest BCUT2D eigenvalue weighted by Gasteiger charge is -2.17. The summed E-state index contributed by atoms with van der Waals surface area (Å²) in [7, 11) is 0. The van der Waals surface area contributed by atoms with Crippen molar-refractivity contribution in [2.24, 2.45) is 0 Å². The predicted molar refractivity (Wildman–Crippen MR) is 91.7 cm³/mol. The first-order valence-corrected chi connectivity index (χ1v) is 7.80. The maximum absolute atomic E-state index is 12.6. The second-order valence-electron chi connectivity index (χ2n) is 5.91. The summed E-state index contributed by atoms with van der Waals surface area (Å²) in [5, 5.41) is 3.23. The highest BCUT2D eigenvalue weighted by Crippen LogP contribution is 2.24. The molecule has 23 heavy (non-hydrogen) atoms. The highest BCUT2D eigenvalue weighted by Gasteiger charge is 2.32. The molecule has 1 aromatic heterocycles. The van der Waals surface area contributed by atoms with Crippen molar-refractivity contribution in [3.8, 4) is 0 Å². The Bertz CT molecular complexity index is 820. The minimum absolute atomic E-state index is 0.0920. The van der Waals surface area contributed by atoms with E-state index in [-0.39, 0.29) is 11.9 Å². The van der Waals surface area contributed by atoms with Gasteiger partial charge in [0.05, 0.1) is 11.0 Å². The number of benzene rings is 2. The zero-order valence-corrected chi connectivity index (χ0v) is 12.9. The van der Waals surface area contributed by atoms with Crippen molar-refractivity contribution in [2.75, 3.05) is 16.8 Å². The monoisotopic (exact) mass is 306 g/mol. The fraction of sp³-hybridized carbons (Fsp3) is 0.222. The summed E-state index contributed by atoms with van der Waals surface area (Å²) in [5.41, 5.74) is 4.01. The van der Waals surface area contributed by atoms with Gasteiger partial charge in [0.25, 0.3) is 0 Å². The zero-order valence-electron chi connectivity index (χ0n) is 12.9. The van der Waals surface area contributed by atoms with E-state index in [1.54, 1.807) is 0 Å². The first-order chi connectivity index (χ1) is 11.2. The first kappa shape index (κ1) is 13.8. The van der Waals surface area contributed by atoms with E-state index in [9.17, 15) is 4.79 Å². The van der Waals surface area contributed by atoms with Gasteiger partial charge in [-0.3, -0.25) is 4.79 Å². The number of rotatable bonds is 3. The number of fused-ring (bicyclic) bond motifs is 1. The maximum atomic E-state index is 12.6. The topological polar surface area (TPSA) is 61.0 Å². The lowest BCUT2D eigenvalue weighted by atomic mass is 10.2. The molecule has 0 spiro atoms. The average molecular weight is 306 g/mol. The van der Waals surface area contributed by atoms with Gasteiger partial charge in [-0.2, -0.15) is 0 Å². The third-order valence-electron chi connectivity index (χ3n) is 4.25. The summed E-state index contributed by atoms with van der Waals surface area (Å²) >= 11 is 0. The molecule has 1 atom stereocenters. The zero-order chi connectivity index (χ0) is 15.8. The predicted octanol–water partition coefficient (Wildman–Crippen LogP) is 3.09. The molecule has 1 amide bonds. The first-order valence-electron chi connectivity index (χ1n) is 7.80. The molecular formula is C18H18N4O. The van der Waals surface area contributed by atoms with Crippen LogP contribution in [-0.4, -0.2) is 28.5 Å². The van der Waals surface area contributed by atoms with Crippen LogP contribution >= 0.6 is 0 Å². The Morgan fingerprint density at radius 1 is 1.17 bits per heavy atom. The van der Waals surface area contributed by atoms with Crippen LogP contribution in [0.5, 0.6) is 0 Å². The van der Waals surface area contributed by atoms with E-state index >= 15 is 0 Å². The van der Waals surface area contributed by atoms with E-state index < -0.39 is 0 Å². The summed E-state index contributed by atoms with van der Waals surface area (Å²) in [6.45, 7) is 2.77. The Kier molecular flexibility index (Phi) is 3.26. The summed E-state index contributed by atoms with van der Waals surface area (Å²) in [4.78, 5) is 22.2. The smallest absolute Gasteiger partial charge is 0.249 e. The molecule has 1 saturated heterocycles. The summed E-state index contributed by atoms with van der Waals surface area (Å²) in [6, 6.07) is 15.7. The molecule has 116 valence electrons. The number of aromatic amines is 1. The van der Waals surface area contributed by atoms with Crippen molar-refractivity contribution >= 4 is 28.6 Å². The van der Waals surface area contributed by atoms with Gasteiger partial charge in [-0.05, 0) is 37.6 Å². The molecule has 0 saturated carbocycles. The maximum Gasteiger partial charge on any atom is 0.249 e. The van der Waals surface area contributed by atoms with Crippen LogP contribution in [0.4, 0.5) is 11.6 Å². The van der Waals surface area contributed by atoms with E-state index in [0.717, 1.165) is 29.7 Å². The molecule has 0 bridgehead atoms. The van der Waals surface area contributed by atoms with Gasteiger partial charge in [0.1, 0.15) is 6.04 Å². The molecule has 0 radical (unpaired) electrons. The summed E-state index contributed by atoms with van der Waals surface area (Å²) in [6.07, 6.45) is 0.768. The Labute approximate surface area is 134 Å². The van der Waals surface area contributed by atoms with Gasteiger partial charge in [0.2, 0.25) is 11.9 Å². The second-order valence-corrected chi connectivity index (χ2v) is 5.91. The molecule has 4 rings (SSSR count). The third-order valence-corrected chi connectivity index (χ3v) is 4.25.